The molecule has 0 nitrogen and oxygen atoms in total. The standard InChI is InChI=1S/C23H35Si.3ClH.Ti/c1-15(2)24(16(3)4,22-12-17(5)11-18(6)13-22)23(10)14-19(7)20(8)21(23)9;;;;/h11-13,15-16H,1-10H3;3*1H;/q;;;;+3/p-3. The van der Waals surface area contributed by atoms with Crippen molar-refractivity contribution < 1.29 is 57.7 Å². The van der Waals surface area contributed by atoms with Crippen LogP contribution in [0.1, 0.15) is 66.5 Å². The summed E-state index contributed by atoms with van der Waals surface area (Å²) in [7, 11) is -1.91. The van der Waals surface area contributed by atoms with Gasteiger partial charge in [-0.3, -0.25) is 0 Å². The predicted octanol–water partition coefficient (Wildman–Crippen LogP) is -2.28. The summed E-state index contributed by atoms with van der Waals surface area (Å²) >= 11 is 2.41. The van der Waals surface area contributed by atoms with Crippen LogP contribution >= 0.6 is 0 Å². The first-order valence-electron chi connectivity index (χ1n) is 9.62. The Morgan fingerprint density at radius 3 is 1.43 bits per heavy atom. The Morgan fingerprint density at radius 1 is 0.750 bits per heavy atom. The zero-order valence-corrected chi connectivity index (χ0v) is 23.8. The van der Waals surface area contributed by atoms with Crippen molar-refractivity contribution in [3.8, 4) is 0 Å². The van der Waals surface area contributed by atoms with Crippen LogP contribution in [0.25, 0.3) is 0 Å². The molecule has 0 saturated heterocycles. The van der Waals surface area contributed by atoms with Crippen LogP contribution < -0.4 is 42.4 Å². The van der Waals surface area contributed by atoms with Crippen molar-refractivity contribution in [2.75, 3.05) is 0 Å². The van der Waals surface area contributed by atoms with E-state index in [2.05, 4.69) is 108 Å². The molecule has 1 aliphatic rings. The summed E-state index contributed by atoms with van der Waals surface area (Å²) < 4.78 is 1.62. The van der Waals surface area contributed by atoms with E-state index in [-0.39, 0.29) is 42.3 Å². The van der Waals surface area contributed by atoms with Gasteiger partial charge in [-0.25, -0.2) is 0 Å². The molecule has 0 saturated carbocycles. The molecule has 5 heteroatoms. The third kappa shape index (κ3) is 4.27. The molecule has 0 aromatic heterocycles. The van der Waals surface area contributed by atoms with Crippen LogP contribution in [0.3, 0.4) is 0 Å². The fourth-order valence-corrected chi connectivity index (χ4v) is 15.4. The van der Waals surface area contributed by atoms with Gasteiger partial charge in [-0.15, -0.1) is 0 Å². The molecular weight excluding hydrogens is 459 g/mol. The van der Waals surface area contributed by atoms with Crippen molar-refractivity contribution in [3.05, 3.63) is 49.9 Å². The Hall–Kier alpha value is 0.501. The van der Waals surface area contributed by atoms with E-state index in [9.17, 15) is 0 Å². The van der Waals surface area contributed by atoms with Crippen molar-refractivity contribution in [3.63, 3.8) is 0 Å². The second-order valence-corrected chi connectivity index (χ2v) is 15.3. The largest absolute Gasteiger partial charge is 1.00 e. The maximum absolute atomic E-state index is 2.57. The molecule has 156 valence electrons. The van der Waals surface area contributed by atoms with Crippen molar-refractivity contribution in [1.29, 1.82) is 0 Å². The average molecular weight is 494 g/mol. The van der Waals surface area contributed by atoms with Crippen LogP contribution in [0.5, 0.6) is 0 Å². The van der Waals surface area contributed by atoms with Crippen molar-refractivity contribution in [2.24, 2.45) is 0 Å². The molecule has 1 aromatic rings. The second-order valence-electron chi connectivity index (χ2n) is 8.93. The number of aryl methyl sites for hydroxylation is 2. The Kier molecular flexibility index (Phi) is 11.7. The topological polar surface area (TPSA) is 0 Å². The Morgan fingerprint density at radius 2 is 1.14 bits per heavy atom. The molecule has 1 unspecified atom stereocenters. The van der Waals surface area contributed by atoms with Gasteiger partial charge in [0.1, 0.15) is 0 Å². The Labute approximate surface area is 205 Å². The van der Waals surface area contributed by atoms with Crippen LogP contribution in [0.15, 0.2) is 38.8 Å². The quantitative estimate of drug-likeness (QED) is 0.415. The van der Waals surface area contributed by atoms with Crippen LogP contribution in [-0.4, -0.2) is 8.07 Å². The van der Waals surface area contributed by atoms with Gasteiger partial charge >= 0.3 is 169 Å². The van der Waals surface area contributed by atoms with E-state index in [1.165, 1.54) is 22.3 Å². The fourth-order valence-electron chi connectivity index (χ4n) is 5.91. The fraction of sp³-hybridized carbons (Fsp3) is 0.565. The molecule has 28 heavy (non-hydrogen) atoms. The average Bonchev–Trinajstić information content (AvgIpc) is 2.63. The third-order valence-corrected chi connectivity index (χ3v) is 16.0. The van der Waals surface area contributed by atoms with Gasteiger partial charge in [0.05, 0.1) is 0 Å². The van der Waals surface area contributed by atoms with E-state index in [1.807, 2.05) is 0 Å². The van der Waals surface area contributed by atoms with E-state index < -0.39 is 8.07 Å². The first-order valence-corrected chi connectivity index (χ1v) is 12.6. The molecule has 0 heterocycles. The van der Waals surface area contributed by atoms with E-state index in [1.54, 1.807) is 14.6 Å². The number of hydrogen-bond acceptors (Lipinski definition) is 0. The molecule has 0 spiro atoms. The van der Waals surface area contributed by atoms with Crippen molar-refractivity contribution in [2.45, 2.75) is 85.4 Å². The van der Waals surface area contributed by atoms with Gasteiger partial charge in [-0.1, -0.05) is 0 Å². The molecule has 0 N–H and O–H groups in total. The smallest absolute Gasteiger partial charge is 1.00 e. The molecule has 1 aromatic carbocycles. The van der Waals surface area contributed by atoms with Gasteiger partial charge in [0.15, 0.2) is 0 Å². The van der Waals surface area contributed by atoms with Crippen LogP contribution in [0.2, 0.25) is 16.1 Å². The molecular formula is C23H35Cl3SiTi. The molecule has 0 fully saturated rings. The van der Waals surface area contributed by atoms with E-state index in [0.717, 1.165) is 0 Å². The van der Waals surface area contributed by atoms with E-state index >= 15 is 0 Å². The summed E-state index contributed by atoms with van der Waals surface area (Å²) in [6.07, 6.45) is 0. The zero-order chi connectivity index (χ0) is 19.3. The van der Waals surface area contributed by atoms with Crippen molar-refractivity contribution in [1.82, 2.24) is 0 Å². The van der Waals surface area contributed by atoms with Gasteiger partial charge in [0, 0.05) is 0 Å². The third-order valence-electron chi connectivity index (χ3n) is 7.10. The number of rotatable bonds is 4. The minimum atomic E-state index is -1.91. The summed E-state index contributed by atoms with van der Waals surface area (Å²) in [5.74, 6) is 0. The molecule has 2 rings (SSSR count). The molecule has 0 amide bonds. The maximum Gasteiger partial charge on any atom is -1.00 e. The first-order chi connectivity index (χ1) is 11.4. The van der Waals surface area contributed by atoms with Crippen LogP contribution in [0.4, 0.5) is 0 Å². The van der Waals surface area contributed by atoms with E-state index in [0.29, 0.717) is 11.1 Å². The second kappa shape index (κ2) is 10.7. The van der Waals surface area contributed by atoms with Gasteiger partial charge in [0.25, 0.3) is 0 Å². The summed E-state index contributed by atoms with van der Waals surface area (Å²) in [5.41, 5.74) is 8.86. The van der Waals surface area contributed by atoms with Gasteiger partial charge < -0.3 is 37.2 Å². The summed E-state index contributed by atoms with van der Waals surface area (Å²) in [5, 5.41) is 1.85. The minimum absolute atomic E-state index is 0. The first kappa shape index (κ1) is 30.7. The maximum atomic E-state index is 2.57. The van der Waals surface area contributed by atoms with E-state index in [4.69, 9.17) is 0 Å². The molecule has 0 bridgehead atoms. The molecule has 1 atom stereocenters. The Balaban J connectivity index is 0. The van der Waals surface area contributed by atoms with Gasteiger partial charge in [-0.2, -0.15) is 0 Å². The molecule has 0 radical (unpaired) electrons. The zero-order valence-electron chi connectivity index (χ0n) is 19.0. The number of hydrogen-bond donors (Lipinski definition) is 0. The molecule has 1 aliphatic carbocycles. The monoisotopic (exact) mass is 492 g/mol. The summed E-state index contributed by atoms with van der Waals surface area (Å²) in [6, 6.07) is 7.34. The number of allylic oxidation sites excluding steroid dienone is 4. The van der Waals surface area contributed by atoms with Gasteiger partial charge in [-0.05, 0) is 0 Å². The predicted molar refractivity (Wildman–Crippen MR) is 111 cm³/mol. The van der Waals surface area contributed by atoms with Crippen molar-refractivity contribution >= 4 is 13.3 Å². The number of benzene rings is 1. The van der Waals surface area contributed by atoms with Crippen LogP contribution in [0, 0.1) is 13.8 Å². The SMILES string of the molecule is CC1=C(C)C(C)([Si](c2cc(C)cc(C)c2)(C(C)C)C(C)C)[C]([Ti+3])=C1C.[Cl-].[Cl-].[Cl-]. The van der Waals surface area contributed by atoms with Gasteiger partial charge in [0.2, 0.25) is 0 Å². The Bertz CT molecular complexity index is 711. The minimum Gasteiger partial charge on any atom is -1.00 e. The number of halogens is 3. The molecule has 0 aliphatic heterocycles. The van der Waals surface area contributed by atoms with Crippen LogP contribution in [-0.2, 0) is 20.4 Å². The summed E-state index contributed by atoms with van der Waals surface area (Å²) in [6.45, 7) is 24.1. The normalized spacial score (nSPS) is 19.6. The summed E-state index contributed by atoms with van der Waals surface area (Å²) in [4.78, 5) is 0.